The lowest BCUT2D eigenvalue weighted by atomic mass is 9.77. The van der Waals surface area contributed by atoms with Crippen LogP contribution in [0.2, 0.25) is 10.0 Å². The molecule has 24 heteroatoms. The standard InChI is InChI=1S/C38H72N2O12.C27H22Cl2N4.C10H24N2O2/c1-15-27-38(10,46)31(42)24(6)40(13)19-20(2)17-36(8,45)33(52-35-29(41)26(39(11)12)16-21(3)48-35)22(4)30(23(5)34(44)50-27)51-28-18-37(9,47-14)32(43)25(7)49-28;1-17(2)30-24-16-27-25(15-23(24)31-20-11-7-18(28)8-12-20)32-22-5-3-4-6-26(22)33(27)21-13-9-19(29)10-14-21;1-3-9(7-13)11-5-6-12-10(4-2)8-14/h20-33,35,41-43,45-46H,15-19H2,1-14H3;3-17,31H,1-2H3;9-14H,3-8H2,1-2H3/t20-,21-,22+,23-,24-,25+,26+,27-,28+,29-,30+,31-,32+,33-,35+,36-,37-,38-;;/m1../s1. The second-order valence-electron chi connectivity index (χ2n) is 28.8. The molecule has 10 N–H and O–H groups in total. The van der Waals surface area contributed by atoms with Crippen molar-refractivity contribution in [3.05, 3.63) is 100 Å². The Bertz CT molecular complexity index is 3270. The van der Waals surface area contributed by atoms with Gasteiger partial charge in [0.15, 0.2) is 12.6 Å². The molecule has 22 nitrogen and oxygen atoms in total. The Kier molecular flexibility index (Phi) is 31.8. The van der Waals surface area contributed by atoms with Crippen molar-refractivity contribution in [1.29, 1.82) is 0 Å². The molecule has 3 saturated heterocycles. The number of carbonyl (C=O) groups is 1. The first-order valence-electron chi connectivity index (χ1n) is 35.4. The Morgan fingerprint density at radius 1 is 0.808 bits per heavy atom. The zero-order valence-electron chi connectivity index (χ0n) is 61.7. The Labute approximate surface area is 598 Å². The van der Waals surface area contributed by atoms with E-state index in [-0.39, 0.29) is 68.7 Å². The average Bonchev–Trinajstić information content (AvgIpc) is 1.15. The molecule has 20 atom stereocenters. The molecule has 2 unspecified atom stereocenters. The van der Waals surface area contributed by atoms with Gasteiger partial charge in [-0.2, -0.15) is 0 Å². The van der Waals surface area contributed by atoms with Crippen LogP contribution in [0.4, 0.5) is 11.4 Å². The number of benzene rings is 4. The van der Waals surface area contributed by atoms with Crippen LogP contribution in [-0.4, -0.2) is 231 Å². The summed E-state index contributed by atoms with van der Waals surface area (Å²) in [5.41, 5.74) is 2.22. The van der Waals surface area contributed by atoms with Crippen LogP contribution in [0, 0.1) is 17.8 Å². The molecular formula is C75H118Cl2N8O14. The van der Waals surface area contributed by atoms with E-state index in [0.717, 1.165) is 70.8 Å². The molecule has 0 bridgehead atoms. The maximum absolute atomic E-state index is 14.2. The van der Waals surface area contributed by atoms with E-state index in [2.05, 4.69) is 52.6 Å². The molecule has 0 aromatic heterocycles. The molecule has 99 heavy (non-hydrogen) atoms. The fourth-order valence-corrected chi connectivity index (χ4v) is 14.1. The molecule has 3 aromatic carbocycles. The van der Waals surface area contributed by atoms with E-state index in [1.165, 1.54) is 14.0 Å². The van der Waals surface area contributed by atoms with E-state index >= 15 is 0 Å². The molecule has 0 radical (unpaired) electrons. The number of aliphatic hydroxyl groups is 7. The Balaban J connectivity index is 0.000000277. The lowest BCUT2D eigenvalue weighted by Crippen LogP contribution is -2.60. The normalized spacial score (nSPS) is 32.3. The zero-order chi connectivity index (χ0) is 73.4. The van der Waals surface area contributed by atoms with Gasteiger partial charge in [-0.25, -0.2) is 4.98 Å². The van der Waals surface area contributed by atoms with Crippen LogP contribution in [0.1, 0.15) is 135 Å². The summed E-state index contributed by atoms with van der Waals surface area (Å²) in [5, 5.41) is 88.2. The third kappa shape index (κ3) is 22.0. The van der Waals surface area contributed by atoms with Gasteiger partial charge in [-0.3, -0.25) is 9.79 Å². The van der Waals surface area contributed by atoms with Crippen LogP contribution in [-0.2, 0) is 33.2 Å². The van der Waals surface area contributed by atoms with Crippen LogP contribution in [0.25, 0.3) is 28.1 Å². The van der Waals surface area contributed by atoms with Crippen molar-refractivity contribution in [2.75, 3.05) is 66.4 Å². The van der Waals surface area contributed by atoms with Crippen molar-refractivity contribution in [1.82, 2.24) is 30.0 Å². The van der Waals surface area contributed by atoms with Crippen molar-refractivity contribution in [2.45, 2.75) is 244 Å². The van der Waals surface area contributed by atoms with E-state index < -0.39 is 96.0 Å². The highest BCUT2D eigenvalue weighted by atomic mass is 35.5. The third-order valence-corrected chi connectivity index (χ3v) is 20.4. The van der Waals surface area contributed by atoms with Crippen LogP contribution in [0.3, 0.4) is 0 Å². The molecule has 4 aliphatic heterocycles. The molecule has 3 fully saturated rings. The van der Waals surface area contributed by atoms with Crippen molar-refractivity contribution in [3.8, 4) is 17.1 Å². The number of aliphatic hydroxyl groups excluding tert-OH is 5. The van der Waals surface area contributed by atoms with Gasteiger partial charge in [-0.15, -0.1) is 0 Å². The van der Waals surface area contributed by atoms with E-state index in [4.69, 9.17) is 71.8 Å². The van der Waals surface area contributed by atoms with E-state index in [1.54, 1.807) is 41.5 Å². The van der Waals surface area contributed by atoms with E-state index in [0.29, 0.717) is 23.0 Å². The number of hydrogen-bond acceptors (Lipinski definition) is 21. The second kappa shape index (κ2) is 37.8. The number of methoxy groups -OCH3 is 1. The van der Waals surface area contributed by atoms with Crippen LogP contribution in [0.15, 0.2) is 89.9 Å². The summed E-state index contributed by atoms with van der Waals surface area (Å²) in [6.07, 6.45) is -6.31. The number of anilines is 2. The van der Waals surface area contributed by atoms with Crippen LogP contribution in [0.5, 0.6) is 0 Å². The maximum Gasteiger partial charge on any atom is 0.311 e. The molecule has 3 aromatic rings. The first kappa shape index (κ1) is 83.4. The molecular weight excluding hydrogens is 1310 g/mol. The molecule has 0 saturated carbocycles. The Hall–Kier alpha value is -4.51. The largest absolute Gasteiger partial charge is 0.459 e. The predicted molar refractivity (Wildman–Crippen MR) is 391 cm³/mol. The number of aromatic nitrogens is 2. The van der Waals surface area contributed by atoms with Crippen molar-refractivity contribution in [2.24, 2.45) is 22.7 Å². The Morgan fingerprint density at radius 3 is 1.96 bits per heavy atom. The van der Waals surface area contributed by atoms with Crippen LogP contribution >= 0.6 is 23.2 Å². The molecule has 0 amide bonds. The van der Waals surface area contributed by atoms with Gasteiger partial charge in [0.2, 0.25) is 0 Å². The second-order valence-corrected chi connectivity index (χ2v) is 29.6. The van der Waals surface area contributed by atoms with Gasteiger partial charge in [0.25, 0.3) is 0 Å². The first-order chi connectivity index (χ1) is 46.7. The quantitative estimate of drug-likeness (QED) is 0.0197. The minimum Gasteiger partial charge on any atom is -0.459 e. The number of rotatable bonds is 20. The number of nitrogens with one attached hydrogen (secondary N) is 3. The predicted octanol–water partition coefficient (Wildman–Crippen LogP) is 9.10. The Morgan fingerprint density at radius 2 is 1.40 bits per heavy atom. The molecule has 0 spiro atoms. The number of esters is 1. The topological polar surface area (TPSA) is 287 Å². The van der Waals surface area contributed by atoms with Gasteiger partial charge in [-0.05, 0) is 194 Å². The summed E-state index contributed by atoms with van der Waals surface area (Å²) >= 11 is 12.2. The van der Waals surface area contributed by atoms with Crippen LogP contribution < -0.4 is 21.3 Å². The monoisotopic (exact) mass is 1420 g/mol. The van der Waals surface area contributed by atoms with Gasteiger partial charge in [0.05, 0.1) is 88.2 Å². The van der Waals surface area contributed by atoms with Gasteiger partial charge >= 0.3 is 5.97 Å². The SMILES string of the molecule is CC(C)N=c1cc2n(-c3ccc(Cl)cc3)c3ccccc3nc-2cc1Nc1ccc(Cl)cc1.CCC(CO)NCCNC(CC)CO.CC[C@H]1OC(=O)[C@H](C)[C@@H](O[C@H]2C[C@@](C)(OC)[C@@H](O)[C@H](C)O2)[C@H](C)[C@@H](O[C@@H]2O[C@H](C)C[C@H](N(C)C)[C@H]2O)[C@](C)(O)C[C@@H](C)CN(C)[C@H](C)[C@@H](O)[C@]1(C)O. The number of ether oxygens (including phenoxy) is 6. The maximum atomic E-state index is 14.2. The number of para-hydroxylation sites is 2. The first-order valence-corrected chi connectivity index (χ1v) is 36.1. The summed E-state index contributed by atoms with van der Waals surface area (Å²) < 4.78 is 39.7. The van der Waals surface area contributed by atoms with Gasteiger partial charge in [-0.1, -0.05) is 70.0 Å². The minimum absolute atomic E-state index is 0.130. The number of cyclic esters (lactones) is 1. The minimum atomic E-state index is -1.80. The summed E-state index contributed by atoms with van der Waals surface area (Å²) in [5.74, 6) is -2.58. The average molecular weight is 1430 g/mol. The highest BCUT2D eigenvalue weighted by Crippen LogP contribution is 2.41. The number of likely N-dealkylation sites (N-methyl/N-ethyl adjacent to an activating group) is 2. The summed E-state index contributed by atoms with van der Waals surface area (Å²) in [4.78, 5) is 27.9. The molecule has 1 aliphatic carbocycles. The number of carbonyl (C=O) groups excluding carboxylic acids is 1. The lowest BCUT2D eigenvalue weighted by Gasteiger charge is -2.48. The van der Waals surface area contributed by atoms with Gasteiger partial charge in [0.1, 0.15) is 30.0 Å². The summed E-state index contributed by atoms with van der Waals surface area (Å²) in [6.45, 7) is 28.3. The lowest BCUT2D eigenvalue weighted by molar-refractivity contribution is -0.318. The highest BCUT2D eigenvalue weighted by Gasteiger charge is 2.53. The van der Waals surface area contributed by atoms with Crippen molar-refractivity contribution in [3.63, 3.8) is 0 Å². The number of halogens is 2. The molecule has 5 aliphatic rings. The fourth-order valence-electron chi connectivity index (χ4n) is 13.8. The van der Waals surface area contributed by atoms with E-state index in [1.807, 2.05) is 132 Å². The summed E-state index contributed by atoms with van der Waals surface area (Å²) in [6, 6.07) is 27.5. The molecule has 8 rings (SSSR count). The summed E-state index contributed by atoms with van der Waals surface area (Å²) in [7, 11) is 7.12. The van der Waals surface area contributed by atoms with Gasteiger partial charge in [0, 0.05) is 90.7 Å². The molecule has 4 heterocycles. The third-order valence-electron chi connectivity index (χ3n) is 19.9. The fraction of sp³-hybridized carbons (Fsp3) is 0.667. The van der Waals surface area contributed by atoms with Crippen molar-refractivity contribution >= 4 is 51.6 Å². The van der Waals surface area contributed by atoms with Crippen molar-refractivity contribution < 1.29 is 69.0 Å². The number of hydrogen-bond donors (Lipinski definition) is 10. The smallest absolute Gasteiger partial charge is 0.311 e. The number of fused-ring (bicyclic) bond motifs is 2. The highest BCUT2D eigenvalue weighted by molar-refractivity contribution is 6.30. The number of nitrogens with zero attached hydrogens (tertiary/aromatic N) is 5. The molecule has 556 valence electrons. The van der Waals surface area contributed by atoms with E-state index in [9.17, 15) is 30.3 Å². The zero-order valence-corrected chi connectivity index (χ0v) is 63.2. The van der Waals surface area contributed by atoms with Gasteiger partial charge < -0.3 is 94.5 Å².